The van der Waals surface area contributed by atoms with Crippen molar-refractivity contribution in [3.63, 3.8) is 0 Å². The third kappa shape index (κ3) is 3.55. The van der Waals surface area contributed by atoms with Crippen molar-refractivity contribution in [2.24, 2.45) is 0 Å². The molecular formula is C12H20BrN5. The van der Waals surface area contributed by atoms with Gasteiger partial charge in [0.25, 0.3) is 0 Å². The lowest BCUT2D eigenvalue weighted by Crippen LogP contribution is -2.24. The average Bonchev–Trinajstić information content (AvgIpc) is 2.76. The Balaban J connectivity index is 2.01. The zero-order valence-electron chi connectivity index (χ0n) is 10.9. The zero-order chi connectivity index (χ0) is 13.0. The monoisotopic (exact) mass is 313 g/mol. The first-order chi connectivity index (χ1) is 8.69. The number of likely N-dealkylation sites (N-methyl/N-ethyl adjacent to an activating group) is 1. The average molecular weight is 314 g/mol. The maximum Gasteiger partial charge on any atom is 0.224 e. The van der Waals surface area contributed by atoms with E-state index in [4.69, 9.17) is 0 Å². The van der Waals surface area contributed by atoms with Crippen LogP contribution in [0.2, 0.25) is 0 Å². The van der Waals surface area contributed by atoms with Crippen LogP contribution >= 0.6 is 15.9 Å². The number of aromatic nitrogens is 2. The number of nitrogens with zero attached hydrogens (tertiary/aromatic N) is 3. The molecule has 1 aliphatic heterocycles. The molecule has 1 saturated heterocycles. The predicted octanol–water partition coefficient (Wildman–Crippen LogP) is 2.18. The van der Waals surface area contributed by atoms with Crippen molar-refractivity contribution in [2.75, 3.05) is 37.3 Å². The lowest BCUT2D eigenvalue weighted by atomic mass is 10.2. The number of anilines is 2. The van der Waals surface area contributed by atoms with E-state index in [1.54, 1.807) is 6.20 Å². The summed E-state index contributed by atoms with van der Waals surface area (Å²) in [7, 11) is 2.14. The van der Waals surface area contributed by atoms with Gasteiger partial charge in [-0.3, -0.25) is 0 Å². The van der Waals surface area contributed by atoms with Gasteiger partial charge in [0.05, 0.1) is 4.47 Å². The van der Waals surface area contributed by atoms with E-state index in [2.05, 4.69) is 55.4 Å². The first-order valence-corrected chi connectivity index (χ1v) is 7.20. The largest absolute Gasteiger partial charge is 0.365 e. The van der Waals surface area contributed by atoms with Gasteiger partial charge in [-0.15, -0.1) is 0 Å². The minimum absolute atomic E-state index is 0.472. The number of rotatable bonds is 5. The molecule has 2 heterocycles. The van der Waals surface area contributed by atoms with Crippen molar-refractivity contribution in [2.45, 2.75) is 25.8 Å². The fraction of sp³-hybridized carbons (Fsp3) is 0.667. The maximum absolute atomic E-state index is 4.50. The van der Waals surface area contributed by atoms with Gasteiger partial charge in [-0.1, -0.05) is 6.92 Å². The summed E-state index contributed by atoms with van der Waals surface area (Å²) in [5, 5.41) is 6.68. The van der Waals surface area contributed by atoms with Gasteiger partial charge in [-0.2, -0.15) is 4.98 Å². The zero-order valence-corrected chi connectivity index (χ0v) is 12.5. The second kappa shape index (κ2) is 6.33. The molecule has 0 aromatic carbocycles. The predicted molar refractivity (Wildman–Crippen MR) is 78.0 cm³/mol. The van der Waals surface area contributed by atoms with Gasteiger partial charge in [0.15, 0.2) is 0 Å². The second-order valence-electron chi connectivity index (χ2n) is 4.71. The third-order valence-corrected chi connectivity index (χ3v) is 3.59. The van der Waals surface area contributed by atoms with Crippen molar-refractivity contribution in [1.29, 1.82) is 0 Å². The molecule has 0 radical (unpaired) electrons. The highest BCUT2D eigenvalue weighted by Gasteiger charge is 2.20. The highest BCUT2D eigenvalue weighted by atomic mass is 79.9. The number of hydrogen-bond donors (Lipinski definition) is 2. The molecule has 2 rings (SSSR count). The van der Waals surface area contributed by atoms with Gasteiger partial charge < -0.3 is 15.5 Å². The van der Waals surface area contributed by atoms with Crippen molar-refractivity contribution in [3.05, 3.63) is 10.7 Å². The Hall–Kier alpha value is -0.880. The SMILES string of the molecule is CCCNc1ncc(Br)c(NC2CCN(C)C2)n1. The molecule has 1 unspecified atom stereocenters. The van der Waals surface area contributed by atoms with Crippen LogP contribution in [0.5, 0.6) is 0 Å². The fourth-order valence-corrected chi connectivity index (χ4v) is 2.34. The van der Waals surface area contributed by atoms with Crippen molar-refractivity contribution < 1.29 is 0 Å². The Labute approximate surface area is 117 Å². The van der Waals surface area contributed by atoms with Crippen molar-refractivity contribution in [1.82, 2.24) is 14.9 Å². The molecule has 1 fully saturated rings. The summed E-state index contributed by atoms with van der Waals surface area (Å²) in [5.74, 6) is 1.57. The molecule has 6 heteroatoms. The third-order valence-electron chi connectivity index (χ3n) is 3.01. The van der Waals surface area contributed by atoms with Crippen LogP contribution in [0.15, 0.2) is 10.7 Å². The van der Waals surface area contributed by atoms with Gasteiger partial charge in [-0.25, -0.2) is 4.98 Å². The van der Waals surface area contributed by atoms with E-state index in [1.807, 2.05) is 0 Å². The molecule has 0 bridgehead atoms. The molecule has 2 N–H and O–H groups in total. The molecule has 5 nitrogen and oxygen atoms in total. The van der Waals surface area contributed by atoms with Crippen LogP contribution in [-0.2, 0) is 0 Å². The van der Waals surface area contributed by atoms with E-state index in [0.29, 0.717) is 12.0 Å². The molecular weight excluding hydrogens is 294 g/mol. The number of hydrogen-bond acceptors (Lipinski definition) is 5. The summed E-state index contributed by atoms with van der Waals surface area (Å²) in [6.07, 6.45) is 4.02. The smallest absolute Gasteiger partial charge is 0.224 e. The molecule has 100 valence electrons. The molecule has 0 amide bonds. The van der Waals surface area contributed by atoms with Crippen LogP contribution in [0.4, 0.5) is 11.8 Å². The van der Waals surface area contributed by atoms with Gasteiger partial charge in [0, 0.05) is 25.3 Å². The molecule has 1 atom stereocenters. The van der Waals surface area contributed by atoms with E-state index >= 15 is 0 Å². The Kier molecular flexibility index (Phi) is 4.77. The molecule has 0 aliphatic carbocycles. The second-order valence-corrected chi connectivity index (χ2v) is 5.56. The fourth-order valence-electron chi connectivity index (χ4n) is 2.04. The Morgan fingerprint density at radius 1 is 1.56 bits per heavy atom. The van der Waals surface area contributed by atoms with E-state index in [1.165, 1.54) is 0 Å². The first-order valence-electron chi connectivity index (χ1n) is 6.40. The molecule has 0 spiro atoms. The highest BCUT2D eigenvalue weighted by Crippen LogP contribution is 2.22. The first kappa shape index (κ1) is 13.5. The van der Waals surface area contributed by atoms with Crippen LogP contribution in [0.3, 0.4) is 0 Å². The summed E-state index contributed by atoms with van der Waals surface area (Å²) in [6, 6.07) is 0.472. The summed E-state index contributed by atoms with van der Waals surface area (Å²) in [6.45, 7) is 5.22. The van der Waals surface area contributed by atoms with Crippen LogP contribution in [0.25, 0.3) is 0 Å². The number of nitrogens with one attached hydrogen (secondary N) is 2. The number of halogens is 1. The highest BCUT2D eigenvalue weighted by molar-refractivity contribution is 9.10. The van der Waals surface area contributed by atoms with Gasteiger partial charge >= 0.3 is 0 Å². The van der Waals surface area contributed by atoms with Crippen molar-refractivity contribution >= 4 is 27.7 Å². The lowest BCUT2D eigenvalue weighted by Gasteiger charge is -2.15. The number of likely N-dealkylation sites (tertiary alicyclic amines) is 1. The minimum Gasteiger partial charge on any atom is -0.365 e. The summed E-state index contributed by atoms with van der Waals surface area (Å²) >= 11 is 3.49. The maximum atomic E-state index is 4.50. The summed E-state index contributed by atoms with van der Waals surface area (Å²) < 4.78 is 0.916. The van der Waals surface area contributed by atoms with Crippen molar-refractivity contribution in [3.8, 4) is 0 Å². The Bertz CT molecular complexity index is 398. The molecule has 1 aliphatic rings. The molecule has 0 saturated carbocycles. The van der Waals surface area contributed by atoms with Crippen LogP contribution in [0.1, 0.15) is 19.8 Å². The summed E-state index contributed by atoms with van der Waals surface area (Å²) in [4.78, 5) is 11.1. The van der Waals surface area contributed by atoms with Gasteiger partial charge in [0.2, 0.25) is 5.95 Å². The molecule has 1 aromatic heterocycles. The molecule has 18 heavy (non-hydrogen) atoms. The van der Waals surface area contributed by atoms with Gasteiger partial charge in [-0.05, 0) is 42.4 Å². The standard InChI is InChI=1S/C12H20BrN5/c1-3-5-14-12-15-7-10(13)11(17-12)16-9-4-6-18(2)8-9/h7,9H,3-6,8H2,1-2H3,(H2,14,15,16,17). The lowest BCUT2D eigenvalue weighted by molar-refractivity contribution is 0.414. The minimum atomic E-state index is 0.472. The van der Waals surface area contributed by atoms with E-state index < -0.39 is 0 Å². The topological polar surface area (TPSA) is 53.1 Å². The van der Waals surface area contributed by atoms with E-state index in [9.17, 15) is 0 Å². The van der Waals surface area contributed by atoms with Gasteiger partial charge in [0.1, 0.15) is 5.82 Å². The Morgan fingerprint density at radius 2 is 2.39 bits per heavy atom. The quantitative estimate of drug-likeness (QED) is 0.872. The Morgan fingerprint density at radius 3 is 3.06 bits per heavy atom. The van der Waals surface area contributed by atoms with E-state index in [-0.39, 0.29) is 0 Å². The summed E-state index contributed by atoms with van der Waals surface area (Å²) in [5.41, 5.74) is 0. The van der Waals surface area contributed by atoms with Crippen LogP contribution in [0, 0.1) is 0 Å². The normalized spacial score (nSPS) is 20.1. The molecule has 1 aromatic rings. The van der Waals surface area contributed by atoms with Crippen LogP contribution < -0.4 is 10.6 Å². The van der Waals surface area contributed by atoms with Crippen LogP contribution in [-0.4, -0.2) is 47.6 Å². The van der Waals surface area contributed by atoms with E-state index in [0.717, 1.165) is 42.8 Å².